The zero-order valence-corrected chi connectivity index (χ0v) is 10.9. The molecule has 102 valence electrons. The summed E-state index contributed by atoms with van der Waals surface area (Å²) in [7, 11) is 0. The number of rotatable bonds is 9. The third-order valence-corrected chi connectivity index (χ3v) is 2.00. The van der Waals surface area contributed by atoms with E-state index >= 15 is 0 Å². The minimum absolute atomic E-state index is 0.136. The summed E-state index contributed by atoms with van der Waals surface area (Å²) in [4.78, 5) is 12.5. The molecule has 0 aliphatic carbocycles. The van der Waals surface area contributed by atoms with Crippen LogP contribution in [0.25, 0.3) is 0 Å². The van der Waals surface area contributed by atoms with Crippen molar-refractivity contribution in [3.8, 4) is 6.01 Å². The fourth-order valence-electron chi connectivity index (χ4n) is 1.21. The van der Waals surface area contributed by atoms with Crippen LogP contribution in [-0.2, 0) is 0 Å². The predicted molar refractivity (Wildman–Crippen MR) is 70.0 cm³/mol. The summed E-state index contributed by atoms with van der Waals surface area (Å²) in [6.45, 7) is 6.04. The van der Waals surface area contributed by atoms with Gasteiger partial charge in [-0.15, -0.1) is 0 Å². The molecule has 7 nitrogen and oxygen atoms in total. The molecule has 18 heavy (non-hydrogen) atoms. The maximum absolute atomic E-state index is 8.72. The van der Waals surface area contributed by atoms with Crippen molar-refractivity contribution in [1.82, 2.24) is 15.0 Å². The van der Waals surface area contributed by atoms with E-state index in [4.69, 9.17) is 9.84 Å². The summed E-state index contributed by atoms with van der Waals surface area (Å²) in [5.41, 5.74) is 0. The van der Waals surface area contributed by atoms with Crippen molar-refractivity contribution in [2.24, 2.45) is 0 Å². The minimum Gasteiger partial charge on any atom is -0.463 e. The van der Waals surface area contributed by atoms with Crippen LogP contribution in [0.5, 0.6) is 6.01 Å². The normalized spacial score (nSPS) is 10.2. The highest BCUT2D eigenvalue weighted by molar-refractivity contribution is 5.35. The van der Waals surface area contributed by atoms with E-state index in [2.05, 4.69) is 25.6 Å². The highest BCUT2D eigenvalue weighted by atomic mass is 16.5. The summed E-state index contributed by atoms with van der Waals surface area (Å²) >= 11 is 0. The van der Waals surface area contributed by atoms with E-state index in [1.807, 2.05) is 13.8 Å². The molecular formula is C11H21N5O2. The molecule has 0 unspecified atom stereocenters. The Kier molecular flexibility index (Phi) is 6.78. The van der Waals surface area contributed by atoms with Crippen molar-refractivity contribution in [2.75, 3.05) is 36.9 Å². The first-order valence-electron chi connectivity index (χ1n) is 6.27. The van der Waals surface area contributed by atoms with Crippen LogP contribution in [0.3, 0.4) is 0 Å². The van der Waals surface area contributed by atoms with E-state index in [0.29, 0.717) is 37.5 Å². The molecule has 7 heteroatoms. The monoisotopic (exact) mass is 255 g/mol. The Hall–Kier alpha value is -1.63. The Morgan fingerprint density at radius 1 is 1.11 bits per heavy atom. The van der Waals surface area contributed by atoms with E-state index < -0.39 is 0 Å². The number of nitrogens with zero attached hydrogens (tertiary/aromatic N) is 3. The van der Waals surface area contributed by atoms with Gasteiger partial charge in [0.2, 0.25) is 11.9 Å². The van der Waals surface area contributed by atoms with Gasteiger partial charge >= 0.3 is 6.01 Å². The van der Waals surface area contributed by atoms with Gasteiger partial charge in [0.25, 0.3) is 0 Å². The first kappa shape index (κ1) is 14.4. The maximum Gasteiger partial charge on any atom is 0.323 e. The van der Waals surface area contributed by atoms with Gasteiger partial charge in [-0.2, -0.15) is 15.0 Å². The number of aliphatic hydroxyl groups excluding tert-OH is 1. The van der Waals surface area contributed by atoms with Crippen molar-refractivity contribution < 1.29 is 9.84 Å². The molecule has 0 bridgehead atoms. The van der Waals surface area contributed by atoms with Gasteiger partial charge in [-0.3, -0.25) is 0 Å². The van der Waals surface area contributed by atoms with Crippen LogP contribution in [0.2, 0.25) is 0 Å². The Labute approximate surface area is 107 Å². The average molecular weight is 255 g/mol. The standard InChI is InChI=1S/C11H21N5O2/c1-3-8-18-11-15-9(12-4-2)14-10(16-11)13-6-5-7-17/h17H,3-8H2,1-2H3,(H2,12,13,14,15,16). The molecule has 1 heterocycles. The van der Waals surface area contributed by atoms with E-state index in [1.54, 1.807) is 0 Å². The largest absolute Gasteiger partial charge is 0.463 e. The average Bonchev–Trinajstić information content (AvgIpc) is 2.37. The van der Waals surface area contributed by atoms with Crippen LogP contribution in [0.1, 0.15) is 26.7 Å². The summed E-state index contributed by atoms with van der Waals surface area (Å²) < 4.78 is 5.40. The molecule has 1 rings (SSSR count). The Bertz CT molecular complexity index is 348. The molecule has 0 radical (unpaired) electrons. The first-order chi connectivity index (χ1) is 8.80. The van der Waals surface area contributed by atoms with Crippen LogP contribution in [0.15, 0.2) is 0 Å². The van der Waals surface area contributed by atoms with Gasteiger partial charge in [0, 0.05) is 19.7 Å². The zero-order valence-electron chi connectivity index (χ0n) is 10.9. The number of nitrogens with one attached hydrogen (secondary N) is 2. The number of aliphatic hydroxyl groups is 1. The van der Waals surface area contributed by atoms with Crippen molar-refractivity contribution in [3.63, 3.8) is 0 Å². The van der Waals surface area contributed by atoms with Crippen LogP contribution >= 0.6 is 0 Å². The lowest BCUT2D eigenvalue weighted by Crippen LogP contribution is -2.12. The second kappa shape index (κ2) is 8.46. The van der Waals surface area contributed by atoms with Gasteiger partial charge in [0.05, 0.1) is 6.61 Å². The number of anilines is 2. The molecular weight excluding hydrogens is 234 g/mol. The smallest absolute Gasteiger partial charge is 0.323 e. The third kappa shape index (κ3) is 5.13. The fraction of sp³-hybridized carbons (Fsp3) is 0.727. The van der Waals surface area contributed by atoms with Crippen LogP contribution < -0.4 is 15.4 Å². The summed E-state index contributed by atoms with van der Waals surface area (Å²) in [5.74, 6) is 0.950. The van der Waals surface area contributed by atoms with Crippen LogP contribution in [-0.4, -0.2) is 46.4 Å². The number of hydrogen-bond acceptors (Lipinski definition) is 7. The molecule has 0 atom stereocenters. The van der Waals surface area contributed by atoms with Crippen molar-refractivity contribution in [2.45, 2.75) is 26.7 Å². The molecule has 0 amide bonds. The molecule has 3 N–H and O–H groups in total. The van der Waals surface area contributed by atoms with Crippen molar-refractivity contribution >= 4 is 11.9 Å². The lowest BCUT2D eigenvalue weighted by Gasteiger charge is -2.09. The molecule has 0 saturated carbocycles. The van der Waals surface area contributed by atoms with Crippen LogP contribution in [0.4, 0.5) is 11.9 Å². The summed E-state index contributed by atoms with van der Waals surface area (Å²) in [5, 5.41) is 14.8. The highest BCUT2D eigenvalue weighted by Gasteiger charge is 2.06. The van der Waals surface area contributed by atoms with Gasteiger partial charge in [0.1, 0.15) is 0 Å². The highest BCUT2D eigenvalue weighted by Crippen LogP contribution is 2.11. The number of hydrogen-bond donors (Lipinski definition) is 3. The quantitative estimate of drug-likeness (QED) is 0.564. The second-order valence-electron chi connectivity index (χ2n) is 3.65. The molecule has 0 saturated heterocycles. The Morgan fingerprint density at radius 3 is 2.44 bits per heavy atom. The first-order valence-corrected chi connectivity index (χ1v) is 6.27. The molecule has 0 spiro atoms. The van der Waals surface area contributed by atoms with E-state index in [-0.39, 0.29) is 6.61 Å². The third-order valence-electron chi connectivity index (χ3n) is 2.00. The van der Waals surface area contributed by atoms with Crippen LogP contribution in [0, 0.1) is 0 Å². The fourth-order valence-corrected chi connectivity index (χ4v) is 1.21. The molecule has 0 aliphatic heterocycles. The summed E-state index contributed by atoms with van der Waals surface area (Å²) in [6.07, 6.45) is 1.54. The molecule has 0 fully saturated rings. The summed E-state index contributed by atoms with van der Waals surface area (Å²) in [6, 6.07) is 0.314. The van der Waals surface area contributed by atoms with Gasteiger partial charge in [-0.1, -0.05) is 6.92 Å². The second-order valence-corrected chi connectivity index (χ2v) is 3.65. The van der Waals surface area contributed by atoms with E-state index in [9.17, 15) is 0 Å². The Balaban J connectivity index is 2.70. The van der Waals surface area contributed by atoms with Gasteiger partial charge < -0.3 is 20.5 Å². The van der Waals surface area contributed by atoms with Gasteiger partial charge in [-0.25, -0.2) is 0 Å². The number of ether oxygens (including phenoxy) is 1. The zero-order chi connectivity index (χ0) is 13.2. The molecule has 0 aliphatic rings. The lowest BCUT2D eigenvalue weighted by molar-refractivity contribution is 0.290. The van der Waals surface area contributed by atoms with E-state index in [1.165, 1.54) is 0 Å². The number of aromatic nitrogens is 3. The Morgan fingerprint density at radius 2 is 1.83 bits per heavy atom. The molecule has 0 aromatic carbocycles. The lowest BCUT2D eigenvalue weighted by atomic mass is 10.4. The molecule has 1 aromatic heterocycles. The van der Waals surface area contributed by atoms with Crippen molar-refractivity contribution in [1.29, 1.82) is 0 Å². The molecule has 1 aromatic rings. The topological polar surface area (TPSA) is 92.2 Å². The van der Waals surface area contributed by atoms with Crippen molar-refractivity contribution in [3.05, 3.63) is 0 Å². The SMILES string of the molecule is CCCOc1nc(NCC)nc(NCCCO)n1. The maximum atomic E-state index is 8.72. The minimum atomic E-state index is 0.136. The predicted octanol–water partition coefficient (Wildman–Crippen LogP) is 0.886. The van der Waals surface area contributed by atoms with E-state index in [0.717, 1.165) is 13.0 Å². The van der Waals surface area contributed by atoms with Gasteiger partial charge in [-0.05, 0) is 19.8 Å². The van der Waals surface area contributed by atoms with Gasteiger partial charge in [0.15, 0.2) is 0 Å².